The highest BCUT2D eigenvalue weighted by Gasteiger charge is 2.14. The Morgan fingerprint density at radius 3 is 1.32 bits per heavy atom. The molecule has 0 aromatic heterocycles. The molecule has 1 atom stereocenters. The Balaban J connectivity index is 3.12. The summed E-state index contributed by atoms with van der Waals surface area (Å²) in [6.45, 7) is 2.27. The van der Waals surface area contributed by atoms with E-state index in [1.807, 2.05) is 6.07 Å². The van der Waals surface area contributed by atoms with Crippen LogP contribution in [0.2, 0.25) is 0 Å². The molecule has 0 amide bonds. The molecule has 25 heavy (non-hydrogen) atoms. The number of nitriles is 1. The van der Waals surface area contributed by atoms with Crippen molar-refractivity contribution in [3.63, 3.8) is 0 Å². The Morgan fingerprint density at radius 1 is 0.720 bits per heavy atom. The van der Waals surface area contributed by atoms with Crippen LogP contribution in [0.1, 0.15) is 122 Å². The summed E-state index contributed by atoms with van der Waals surface area (Å²) in [7, 11) is 0. The summed E-state index contributed by atoms with van der Waals surface area (Å²) in [5.41, 5.74) is 0. The van der Waals surface area contributed by atoms with Gasteiger partial charge in [-0.25, -0.2) is 0 Å². The third-order valence-electron chi connectivity index (χ3n) is 5.05. The van der Waals surface area contributed by atoms with Crippen LogP contribution in [0.25, 0.3) is 0 Å². The smallest absolute Gasteiger partial charge is 0.320 e. The van der Waals surface area contributed by atoms with Crippen LogP contribution in [0.15, 0.2) is 0 Å². The van der Waals surface area contributed by atoms with Gasteiger partial charge in [0.25, 0.3) is 0 Å². The maximum absolute atomic E-state index is 10.7. The standard InChI is InChI=1S/C22H41NO2/c1-2-3-4-5-6-7-8-9-10-11-12-13-14-15-16-17-18-19-21(20-23)22(24)25/h21H,2-19H2,1H3,(H,24,25). The molecule has 0 bridgehead atoms. The van der Waals surface area contributed by atoms with Gasteiger partial charge in [0.1, 0.15) is 5.92 Å². The first-order chi connectivity index (χ1) is 12.2. The van der Waals surface area contributed by atoms with Gasteiger partial charge in [0.15, 0.2) is 0 Å². The van der Waals surface area contributed by atoms with E-state index in [0.717, 1.165) is 12.8 Å². The van der Waals surface area contributed by atoms with E-state index in [0.29, 0.717) is 6.42 Å². The lowest BCUT2D eigenvalue weighted by Crippen LogP contribution is -2.10. The second-order valence-corrected chi connectivity index (χ2v) is 7.47. The molecule has 0 fully saturated rings. The Bertz CT molecular complexity index is 335. The van der Waals surface area contributed by atoms with Crippen molar-refractivity contribution < 1.29 is 9.90 Å². The van der Waals surface area contributed by atoms with E-state index in [2.05, 4.69) is 6.92 Å². The van der Waals surface area contributed by atoms with E-state index < -0.39 is 11.9 Å². The first-order valence-electron chi connectivity index (χ1n) is 10.8. The fourth-order valence-electron chi connectivity index (χ4n) is 3.32. The summed E-state index contributed by atoms with van der Waals surface area (Å²) < 4.78 is 0. The van der Waals surface area contributed by atoms with E-state index in [9.17, 15) is 4.79 Å². The van der Waals surface area contributed by atoms with Crippen LogP contribution in [-0.4, -0.2) is 11.1 Å². The summed E-state index contributed by atoms with van der Waals surface area (Å²) in [5.74, 6) is -1.78. The van der Waals surface area contributed by atoms with Crippen LogP contribution in [0.3, 0.4) is 0 Å². The highest BCUT2D eigenvalue weighted by atomic mass is 16.4. The van der Waals surface area contributed by atoms with Crippen LogP contribution in [-0.2, 0) is 4.79 Å². The van der Waals surface area contributed by atoms with E-state index in [4.69, 9.17) is 10.4 Å². The predicted molar refractivity (Wildman–Crippen MR) is 106 cm³/mol. The Hall–Kier alpha value is -1.04. The molecule has 3 nitrogen and oxygen atoms in total. The molecule has 0 rings (SSSR count). The second-order valence-electron chi connectivity index (χ2n) is 7.47. The molecule has 0 aliphatic carbocycles. The number of carboxylic acid groups (broad SMARTS) is 1. The van der Waals surface area contributed by atoms with Crippen molar-refractivity contribution in [2.45, 2.75) is 122 Å². The molecule has 0 saturated carbocycles. The molecule has 0 aromatic carbocycles. The fourth-order valence-corrected chi connectivity index (χ4v) is 3.32. The van der Waals surface area contributed by atoms with Crippen LogP contribution in [0.5, 0.6) is 0 Å². The molecular weight excluding hydrogens is 310 g/mol. The second kappa shape index (κ2) is 19.3. The maximum atomic E-state index is 10.7. The molecule has 146 valence electrons. The number of unbranched alkanes of at least 4 members (excludes halogenated alkanes) is 16. The van der Waals surface area contributed by atoms with Gasteiger partial charge < -0.3 is 5.11 Å². The summed E-state index contributed by atoms with van der Waals surface area (Å²) >= 11 is 0. The molecule has 3 heteroatoms. The van der Waals surface area contributed by atoms with Crippen LogP contribution >= 0.6 is 0 Å². The molecule has 0 radical (unpaired) electrons. The lowest BCUT2D eigenvalue weighted by molar-refractivity contribution is -0.140. The minimum absolute atomic E-state index is 0.504. The third kappa shape index (κ3) is 17.6. The number of carboxylic acids is 1. The molecule has 0 aliphatic heterocycles. The van der Waals surface area contributed by atoms with Crippen LogP contribution < -0.4 is 0 Å². The molecule has 1 N–H and O–H groups in total. The zero-order valence-electron chi connectivity index (χ0n) is 16.6. The summed E-state index contributed by atoms with van der Waals surface area (Å²) in [6.07, 6.45) is 23.0. The zero-order chi connectivity index (χ0) is 18.6. The first kappa shape index (κ1) is 24.0. The highest BCUT2D eigenvalue weighted by Crippen LogP contribution is 2.15. The van der Waals surface area contributed by atoms with Gasteiger partial charge in [-0.3, -0.25) is 4.79 Å². The SMILES string of the molecule is CCCCCCCCCCCCCCCCCCCC(C#N)C(=O)O. The fraction of sp³-hybridized carbons (Fsp3) is 0.909. The Morgan fingerprint density at radius 2 is 1.04 bits per heavy atom. The van der Waals surface area contributed by atoms with Crippen molar-refractivity contribution in [3.8, 4) is 6.07 Å². The van der Waals surface area contributed by atoms with Gasteiger partial charge in [-0.2, -0.15) is 5.26 Å². The lowest BCUT2D eigenvalue weighted by Gasteiger charge is -2.04. The number of rotatable bonds is 19. The van der Waals surface area contributed by atoms with Gasteiger partial charge in [0.2, 0.25) is 0 Å². The van der Waals surface area contributed by atoms with Gasteiger partial charge >= 0.3 is 5.97 Å². The predicted octanol–water partition coefficient (Wildman–Crippen LogP) is 7.25. The molecule has 0 spiro atoms. The topological polar surface area (TPSA) is 61.1 Å². The monoisotopic (exact) mass is 351 g/mol. The average Bonchev–Trinajstić information content (AvgIpc) is 2.60. The minimum Gasteiger partial charge on any atom is -0.480 e. The van der Waals surface area contributed by atoms with E-state index in [1.165, 1.54) is 96.3 Å². The number of carbonyl (C=O) groups is 1. The zero-order valence-corrected chi connectivity index (χ0v) is 16.6. The number of hydrogen-bond acceptors (Lipinski definition) is 2. The van der Waals surface area contributed by atoms with Crippen molar-refractivity contribution in [2.75, 3.05) is 0 Å². The van der Waals surface area contributed by atoms with Crippen molar-refractivity contribution in [3.05, 3.63) is 0 Å². The molecule has 0 aromatic rings. The third-order valence-corrected chi connectivity index (χ3v) is 5.05. The van der Waals surface area contributed by atoms with Gasteiger partial charge in [0.05, 0.1) is 6.07 Å². The molecule has 1 unspecified atom stereocenters. The Labute approximate surface area is 156 Å². The summed E-state index contributed by atoms with van der Waals surface area (Å²) in [6, 6.07) is 1.86. The number of hydrogen-bond donors (Lipinski definition) is 1. The largest absolute Gasteiger partial charge is 0.480 e. The van der Waals surface area contributed by atoms with E-state index in [1.54, 1.807) is 0 Å². The van der Waals surface area contributed by atoms with Crippen molar-refractivity contribution in [1.82, 2.24) is 0 Å². The number of nitrogens with zero attached hydrogens (tertiary/aromatic N) is 1. The van der Waals surface area contributed by atoms with Crippen LogP contribution in [0.4, 0.5) is 0 Å². The molecular formula is C22H41NO2. The van der Waals surface area contributed by atoms with E-state index >= 15 is 0 Å². The first-order valence-corrected chi connectivity index (χ1v) is 10.8. The van der Waals surface area contributed by atoms with Crippen molar-refractivity contribution in [2.24, 2.45) is 5.92 Å². The maximum Gasteiger partial charge on any atom is 0.320 e. The van der Waals surface area contributed by atoms with Gasteiger partial charge in [0, 0.05) is 0 Å². The highest BCUT2D eigenvalue weighted by molar-refractivity contribution is 5.72. The normalized spacial score (nSPS) is 12.0. The van der Waals surface area contributed by atoms with Gasteiger partial charge in [-0.1, -0.05) is 116 Å². The van der Waals surface area contributed by atoms with Crippen molar-refractivity contribution >= 4 is 5.97 Å². The molecule has 0 aliphatic rings. The quantitative estimate of drug-likeness (QED) is 0.249. The van der Waals surface area contributed by atoms with Crippen molar-refractivity contribution in [1.29, 1.82) is 5.26 Å². The van der Waals surface area contributed by atoms with Gasteiger partial charge in [-0.05, 0) is 6.42 Å². The molecule has 0 saturated heterocycles. The average molecular weight is 352 g/mol. The lowest BCUT2D eigenvalue weighted by atomic mass is 10.0. The van der Waals surface area contributed by atoms with Crippen LogP contribution in [0, 0.1) is 17.2 Å². The van der Waals surface area contributed by atoms with E-state index in [-0.39, 0.29) is 0 Å². The molecule has 0 heterocycles. The summed E-state index contributed by atoms with van der Waals surface area (Å²) in [5, 5.41) is 17.5. The summed E-state index contributed by atoms with van der Waals surface area (Å²) in [4.78, 5) is 10.7. The van der Waals surface area contributed by atoms with Gasteiger partial charge in [-0.15, -0.1) is 0 Å². The minimum atomic E-state index is -0.973. The Kier molecular flexibility index (Phi) is 18.5. The number of aliphatic carboxylic acids is 1.